The van der Waals surface area contributed by atoms with Crippen LogP contribution in [-0.4, -0.2) is 11.0 Å². The van der Waals surface area contributed by atoms with Crippen molar-refractivity contribution in [2.24, 2.45) is 0 Å². The monoisotopic (exact) mass is 245 g/mol. The van der Waals surface area contributed by atoms with Gasteiger partial charge in [-0.25, -0.2) is 0 Å². The highest BCUT2D eigenvalue weighted by atomic mass is 16.3. The van der Waals surface area contributed by atoms with Crippen LogP contribution in [0.15, 0.2) is 34.7 Å². The van der Waals surface area contributed by atoms with Crippen molar-refractivity contribution in [2.75, 3.05) is 5.32 Å². The van der Waals surface area contributed by atoms with Crippen molar-refractivity contribution in [1.82, 2.24) is 0 Å². The number of phenols is 1. The van der Waals surface area contributed by atoms with E-state index in [2.05, 4.69) is 5.32 Å². The first-order valence-electron chi connectivity index (χ1n) is 5.80. The zero-order valence-corrected chi connectivity index (χ0v) is 10.4. The second-order valence-corrected chi connectivity index (χ2v) is 4.09. The summed E-state index contributed by atoms with van der Waals surface area (Å²) in [6, 6.07) is 8.46. The molecule has 4 heteroatoms. The Morgan fingerprint density at radius 3 is 2.72 bits per heavy atom. The van der Waals surface area contributed by atoms with E-state index in [1.165, 1.54) is 0 Å². The molecule has 0 unspecified atom stereocenters. The predicted molar refractivity (Wildman–Crippen MR) is 68.9 cm³/mol. The molecule has 1 aromatic heterocycles. The van der Waals surface area contributed by atoms with Crippen LogP contribution in [0, 0.1) is 6.92 Å². The summed E-state index contributed by atoms with van der Waals surface area (Å²) in [5.41, 5.74) is 1.30. The smallest absolute Gasteiger partial charge is 0.291 e. The van der Waals surface area contributed by atoms with E-state index in [-0.39, 0.29) is 17.4 Å². The molecule has 1 aromatic carbocycles. The lowest BCUT2D eigenvalue weighted by molar-refractivity contribution is 0.0994. The summed E-state index contributed by atoms with van der Waals surface area (Å²) in [5.74, 6) is 0.680. The normalized spacial score (nSPS) is 10.3. The third kappa shape index (κ3) is 2.53. The minimum Gasteiger partial charge on any atom is -0.506 e. The number of aromatic hydroxyl groups is 1. The van der Waals surface area contributed by atoms with Crippen LogP contribution >= 0.6 is 0 Å². The van der Waals surface area contributed by atoms with Crippen molar-refractivity contribution in [3.63, 3.8) is 0 Å². The lowest BCUT2D eigenvalue weighted by Gasteiger charge is -2.06. The Bertz CT molecular complexity index is 572. The lowest BCUT2D eigenvalue weighted by atomic mass is 10.2. The van der Waals surface area contributed by atoms with E-state index < -0.39 is 0 Å². The van der Waals surface area contributed by atoms with Crippen LogP contribution in [-0.2, 0) is 6.42 Å². The summed E-state index contributed by atoms with van der Waals surface area (Å²) in [6.07, 6.45) is 0.739. The van der Waals surface area contributed by atoms with Gasteiger partial charge in [0.2, 0.25) is 0 Å². The van der Waals surface area contributed by atoms with E-state index in [9.17, 15) is 9.90 Å². The number of hydrogen-bond acceptors (Lipinski definition) is 3. The molecular formula is C14H15NO3. The first-order chi connectivity index (χ1) is 8.60. The Morgan fingerprint density at radius 2 is 2.11 bits per heavy atom. The molecule has 1 amide bonds. The number of nitrogens with one attached hydrogen (secondary N) is 1. The van der Waals surface area contributed by atoms with Crippen LogP contribution < -0.4 is 5.32 Å². The Hall–Kier alpha value is -2.23. The number of aryl methyl sites for hydroxylation is 2. The van der Waals surface area contributed by atoms with E-state index in [1.54, 1.807) is 24.3 Å². The second kappa shape index (κ2) is 4.96. The number of amides is 1. The largest absolute Gasteiger partial charge is 0.506 e. The second-order valence-electron chi connectivity index (χ2n) is 4.09. The maximum Gasteiger partial charge on any atom is 0.291 e. The molecule has 0 atom stereocenters. The van der Waals surface area contributed by atoms with E-state index in [4.69, 9.17) is 4.42 Å². The molecule has 4 nitrogen and oxygen atoms in total. The Labute approximate surface area is 105 Å². The van der Waals surface area contributed by atoms with Crippen LogP contribution in [0.5, 0.6) is 5.75 Å². The fourth-order valence-electron chi connectivity index (χ4n) is 1.62. The van der Waals surface area contributed by atoms with Gasteiger partial charge in [-0.1, -0.05) is 13.0 Å². The number of benzene rings is 1. The molecule has 0 aliphatic carbocycles. The number of carbonyl (C=O) groups is 1. The average Bonchev–Trinajstić information content (AvgIpc) is 2.81. The Balaban J connectivity index is 2.16. The van der Waals surface area contributed by atoms with Crippen LogP contribution in [0.25, 0.3) is 0 Å². The van der Waals surface area contributed by atoms with E-state index in [1.807, 2.05) is 19.9 Å². The van der Waals surface area contributed by atoms with E-state index in [0.29, 0.717) is 5.69 Å². The van der Waals surface area contributed by atoms with Crippen molar-refractivity contribution in [2.45, 2.75) is 20.3 Å². The quantitative estimate of drug-likeness (QED) is 0.817. The van der Waals surface area contributed by atoms with Gasteiger partial charge in [0.05, 0.1) is 5.69 Å². The summed E-state index contributed by atoms with van der Waals surface area (Å²) in [4.78, 5) is 11.9. The van der Waals surface area contributed by atoms with Crippen LogP contribution in [0.1, 0.15) is 28.8 Å². The molecule has 0 fully saturated rings. The highest BCUT2D eigenvalue weighted by Gasteiger charge is 2.12. The molecule has 2 aromatic rings. The number of hydrogen-bond donors (Lipinski definition) is 2. The molecular weight excluding hydrogens is 230 g/mol. The van der Waals surface area contributed by atoms with Gasteiger partial charge in [-0.05, 0) is 36.8 Å². The van der Waals surface area contributed by atoms with Crippen LogP contribution in [0.2, 0.25) is 0 Å². The summed E-state index contributed by atoms with van der Waals surface area (Å²) in [7, 11) is 0. The van der Waals surface area contributed by atoms with Gasteiger partial charge >= 0.3 is 0 Å². The minimum absolute atomic E-state index is 0.0469. The van der Waals surface area contributed by atoms with Gasteiger partial charge in [0.15, 0.2) is 5.76 Å². The number of anilines is 1. The van der Waals surface area contributed by atoms with E-state index in [0.717, 1.165) is 17.7 Å². The summed E-state index contributed by atoms with van der Waals surface area (Å²) < 4.78 is 5.34. The molecule has 18 heavy (non-hydrogen) atoms. The first-order valence-corrected chi connectivity index (χ1v) is 5.80. The molecule has 0 saturated carbocycles. The topological polar surface area (TPSA) is 62.5 Å². The zero-order valence-electron chi connectivity index (χ0n) is 10.4. The van der Waals surface area contributed by atoms with Gasteiger partial charge in [0.25, 0.3) is 5.91 Å². The van der Waals surface area contributed by atoms with Crippen molar-refractivity contribution < 1.29 is 14.3 Å². The summed E-state index contributed by atoms with van der Waals surface area (Å²) in [6.45, 7) is 3.82. The average molecular weight is 245 g/mol. The molecule has 0 saturated heterocycles. The summed E-state index contributed by atoms with van der Waals surface area (Å²) >= 11 is 0. The molecule has 0 bridgehead atoms. The van der Waals surface area contributed by atoms with Crippen molar-refractivity contribution in [3.8, 4) is 5.75 Å². The molecule has 2 N–H and O–H groups in total. The number of phenolic OH excluding ortho intramolecular Hbond substituents is 1. The van der Waals surface area contributed by atoms with Crippen molar-refractivity contribution in [1.29, 1.82) is 0 Å². The number of furan rings is 1. The van der Waals surface area contributed by atoms with Crippen LogP contribution in [0.4, 0.5) is 5.69 Å². The fraction of sp³-hybridized carbons (Fsp3) is 0.214. The molecule has 94 valence electrons. The summed E-state index contributed by atoms with van der Waals surface area (Å²) in [5, 5.41) is 12.3. The zero-order chi connectivity index (χ0) is 13.1. The molecule has 2 rings (SSSR count). The van der Waals surface area contributed by atoms with Crippen molar-refractivity contribution in [3.05, 3.63) is 47.4 Å². The van der Waals surface area contributed by atoms with Gasteiger partial charge in [0, 0.05) is 6.42 Å². The Kier molecular flexibility index (Phi) is 3.37. The minimum atomic E-state index is -0.367. The van der Waals surface area contributed by atoms with Gasteiger partial charge in [0.1, 0.15) is 11.5 Å². The highest BCUT2D eigenvalue weighted by Crippen LogP contribution is 2.24. The third-order valence-electron chi connectivity index (χ3n) is 2.64. The molecule has 0 aliphatic heterocycles. The lowest BCUT2D eigenvalue weighted by Crippen LogP contribution is -2.10. The fourth-order valence-corrected chi connectivity index (χ4v) is 1.62. The molecule has 1 heterocycles. The van der Waals surface area contributed by atoms with Crippen molar-refractivity contribution >= 4 is 11.6 Å². The molecule has 0 aliphatic rings. The molecule has 0 radical (unpaired) electrons. The maximum atomic E-state index is 11.9. The SMILES string of the molecule is CCc1ccc(C(=O)Nc2ccc(C)cc2O)o1. The third-order valence-corrected chi connectivity index (χ3v) is 2.64. The Morgan fingerprint density at radius 1 is 1.33 bits per heavy atom. The maximum absolute atomic E-state index is 11.9. The standard InChI is InChI=1S/C14H15NO3/c1-3-10-5-7-13(18-10)14(17)15-11-6-4-9(2)8-12(11)16/h4-8,16H,3H2,1-2H3,(H,15,17). The number of carbonyl (C=O) groups excluding carboxylic acids is 1. The van der Waals surface area contributed by atoms with Gasteiger partial charge < -0.3 is 14.8 Å². The molecule has 0 spiro atoms. The van der Waals surface area contributed by atoms with Gasteiger partial charge in [-0.15, -0.1) is 0 Å². The predicted octanol–water partition coefficient (Wildman–Crippen LogP) is 3.11. The van der Waals surface area contributed by atoms with Gasteiger partial charge in [-0.2, -0.15) is 0 Å². The number of rotatable bonds is 3. The van der Waals surface area contributed by atoms with Crippen LogP contribution in [0.3, 0.4) is 0 Å². The van der Waals surface area contributed by atoms with Gasteiger partial charge in [-0.3, -0.25) is 4.79 Å². The highest BCUT2D eigenvalue weighted by molar-refractivity contribution is 6.03. The first kappa shape index (κ1) is 12.2. The van der Waals surface area contributed by atoms with E-state index >= 15 is 0 Å².